The number of hydrogen-bond acceptors (Lipinski definition) is 1. The second-order valence-electron chi connectivity index (χ2n) is 5.69. The molecular formula is C18H31N. The van der Waals surface area contributed by atoms with Crippen molar-refractivity contribution in [2.24, 2.45) is 5.73 Å². The van der Waals surface area contributed by atoms with Crippen LogP contribution in [0.1, 0.15) is 70.3 Å². The molecule has 0 saturated carbocycles. The molecule has 19 heavy (non-hydrogen) atoms. The summed E-state index contributed by atoms with van der Waals surface area (Å²) in [6.07, 6.45) is 12.9. The Morgan fingerprint density at radius 3 is 2.11 bits per heavy atom. The highest BCUT2D eigenvalue weighted by Gasteiger charge is 2.02. The number of benzene rings is 1. The highest BCUT2D eigenvalue weighted by molar-refractivity contribution is 5.14. The van der Waals surface area contributed by atoms with E-state index in [9.17, 15) is 0 Å². The second-order valence-corrected chi connectivity index (χ2v) is 5.69. The molecule has 0 aromatic heterocycles. The Labute approximate surface area is 119 Å². The predicted molar refractivity (Wildman–Crippen MR) is 85.3 cm³/mol. The van der Waals surface area contributed by atoms with Gasteiger partial charge in [0.05, 0.1) is 0 Å². The lowest BCUT2D eigenvalue weighted by molar-refractivity contribution is 0.494. The van der Waals surface area contributed by atoms with Crippen LogP contribution in [0.2, 0.25) is 0 Å². The third-order valence-corrected chi connectivity index (χ3v) is 3.81. The lowest BCUT2D eigenvalue weighted by atomic mass is 10.0. The number of unbranched alkanes of at least 4 members (excludes halogenated alkanes) is 5. The van der Waals surface area contributed by atoms with Gasteiger partial charge in [0.1, 0.15) is 0 Å². The van der Waals surface area contributed by atoms with E-state index in [4.69, 9.17) is 5.73 Å². The molecule has 2 N–H and O–H groups in total. The minimum Gasteiger partial charge on any atom is -0.328 e. The fourth-order valence-corrected chi connectivity index (χ4v) is 2.53. The summed E-state index contributed by atoms with van der Waals surface area (Å²) in [5.74, 6) is 0. The molecule has 0 radical (unpaired) electrons. The van der Waals surface area contributed by atoms with Gasteiger partial charge in [0.15, 0.2) is 0 Å². The molecule has 0 saturated heterocycles. The van der Waals surface area contributed by atoms with E-state index >= 15 is 0 Å². The molecule has 0 spiro atoms. The van der Waals surface area contributed by atoms with Crippen molar-refractivity contribution < 1.29 is 0 Å². The number of rotatable bonds is 11. The SMILES string of the molecule is CCCCCCC(N)CCCCCc1ccccc1. The van der Waals surface area contributed by atoms with Gasteiger partial charge in [-0.05, 0) is 31.2 Å². The average Bonchev–Trinajstić information content (AvgIpc) is 2.44. The van der Waals surface area contributed by atoms with Crippen LogP contribution in [0.3, 0.4) is 0 Å². The second kappa shape index (κ2) is 11.0. The van der Waals surface area contributed by atoms with Crippen LogP contribution in [-0.4, -0.2) is 6.04 Å². The van der Waals surface area contributed by atoms with E-state index in [-0.39, 0.29) is 0 Å². The zero-order valence-corrected chi connectivity index (χ0v) is 12.6. The number of hydrogen-bond donors (Lipinski definition) is 1. The van der Waals surface area contributed by atoms with Crippen LogP contribution in [0.4, 0.5) is 0 Å². The molecule has 1 heteroatoms. The Morgan fingerprint density at radius 2 is 1.47 bits per heavy atom. The normalized spacial score (nSPS) is 12.5. The van der Waals surface area contributed by atoms with Gasteiger partial charge < -0.3 is 5.73 Å². The summed E-state index contributed by atoms with van der Waals surface area (Å²) in [6.45, 7) is 2.26. The number of aryl methyl sites for hydroxylation is 1. The molecular weight excluding hydrogens is 230 g/mol. The molecule has 1 aromatic carbocycles. The molecule has 0 aliphatic heterocycles. The van der Waals surface area contributed by atoms with Gasteiger partial charge in [0.25, 0.3) is 0 Å². The summed E-state index contributed by atoms with van der Waals surface area (Å²) >= 11 is 0. The van der Waals surface area contributed by atoms with Crippen LogP contribution in [0.25, 0.3) is 0 Å². The zero-order chi connectivity index (χ0) is 13.8. The van der Waals surface area contributed by atoms with Crippen molar-refractivity contribution in [3.63, 3.8) is 0 Å². The fraction of sp³-hybridized carbons (Fsp3) is 0.667. The van der Waals surface area contributed by atoms with Gasteiger partial charge in [-0.15, -0.1) is 0 Å². The monoisotopic (exact) mass is 261 g/mol. The molecule has 1 aromatic rings. The van der Waals surface area contributed by atoms with Crippen LogP contribution in [0.5, 0.6) is 0 Å². The molecule has 1 rings (SSSR count). The summed E-state index contributed by atoms with van der Waals surface area (Å²) in [5, 5.41) is 0. The smallest absolute Gasteiger partial charge is 0.00388 e. The standard InChI is InChI=1S/C18H31N/c1-2-3-4-10-15-18(19)16-11-6-9-14-17-12-7-5-8-13-17/h5,7-8,12-13,18H,2-4,6,9-11,14-16,19H2,1H3. The van der Waals surface area contributed by atoms with Crippen molar-refractivity contribution in [1.82, 2.24) is 0 Å². The van der Waals surface area contributed by atoms with Crippen molar-refractivity contribution in [2.75, 3.05) is 0 Å². The maximum atomic E-state index is 6.15. The quantitative estimate of drug-likeness (QED) is 0.552. The minimum absolute atomic E-state index is 0.439. The summed E-state index contributed by atoms with van der Waals surface area (Å²) < 4.78 is 0. The Hall–Kier alpha value is -0.820. The van der Waals surface area contributed by atoms with E-state index in [1.165, 1.54) is 69.8 Å². The van der Waals surface area contributed by atoms with E-state index < -0.39 is 0 Å². The molecule has 0 aliphatic carbocycles. The summed E-state index contributed by atoms with van der Waals surface area (Å²) in [6, 6.07) is 11.2. The molecule has 0 aliphatic rings. The average molecular weight is 261 g/mol. The van der Waals surface area contributed by atoms with Gasteiger partial charge in [0.2, 0.25) is 0 Å². The van der Waals surface area contributed by atoms with Crippen molar-refractivity contribution in [3.8, 4) is 0 Å². The van der Waals surface area contributed by atoms with Crippen molar-refractivity contribution in [3.05, 3.63) is 35.9 Å². The van der Waals surface area contributed by atoms with Gasteiger partial charge in [0, 0.05) is 6.04 Å². The lowest BCUT2D eigenvalue weighted by Crippen LogP contribution is -2.19. The Kier molecular flexibility index (Phi) is 9.44. The minimum atomic E-state index is 0.439. The van der Waals surface area contributed by atoms with E-state index in [1.807, 2.05) is 0 Å². The third kappa shape index (κ3) is 8.83. The van der Waals surface area contributed by atoms with Crippen LogP contribution in [-0.2, 0) is 6.42 Å². The van der Waals surface area contributed by atoms with E-state index in [0.29, 0.717) is 6.04 Å². The van der Waals surface area contributed by atoms with Gasteiger partial charge in [-0.1, -0.05) is 75.8 Å². The fourth-order valence-electron chi connectivity index (χ4n) is 2.53. The van der Waals surface area contributed by atoms with Crippen molar-refractivity contribution >= 4 is 0 Å². The van der Waals surface area contributed by atoms with E-state index in [1.54, 1.807) is 0 Å². The molecule has 0 fully saturated rings. The third-order valence-electron chi connectivity index (χ3n) is 3.81. The maximum absolute atomic E-state index is 6.15. The zero-order valence-electron chi connectivity index (χ0n) is 12.6. The highest BCUT2D eigenvalue weighted by atomic mass is 14.6. The molecule has 0 amide bonds. The first-order valence-corrected chi connectivity index (χ1v) is 8.12. The van der Waals surface area contributed by atoms with Gasteiger partial charge in [-0.25, -0.2) is 0 Å². The first-order chi connectivity index (χ1) is 9.33. The first-order valence-electron chi connectivity index (χ1n) is 8.12. The number of nitrogens with two attached hydrogens (primary N) is 1. The first kappa shape index (κ1) is 16.2. The van der Waals surface area contributed by atoms with Crippen LogP contribution in [0.15, 0.2) is 30.3 Å². The summed E-state index contributed by atoms with van der Waals surface area (Å²) in [4.78, 5) is 0. The molecule has 1 nitrogen and oxygen atoms in total. The van der Waals surface area contributed by atoms with Gasteiger partial charge in [-0.2, -0.15) is 0 Å². The van der Waals surface area contributed by atoms with Gasteiger partial charge >= 0.3 is 0 Å². The highest BCUT2D eigenvalue weighted by Crippen LogP contribution is 2.11. The Balaban J connectivity index is 1.92. The van der Waals surface area contributed by atoms with E-state index in [0.717, 1.165) is 0 Å². The molecule has 1 atom stereocenters. The Morgan fingerprint density at radius 1 is 0.842 bits per heavy atom. The van der Waals surface area contributed by atoms with Crippen LogP contribution in [0, 0.1) is 0 Å². The van der Waals surface area contributed by atoms with Crippen LogP contribution >= 0.6 is 0 Å². The molecule has 0 heterocycles. The largest absolute Gasteiger partial charge is 0.328 e. The lowest BCUT2D eigenvalue weighted by Gasteiger charge is -2.11. The summed E-state index contributed by atoms with van der Waals surface area (Å²) in [7, 11) is 0. The topological polar surface area (TPSA) is 26.0 Å². The molecule has 0 bridgehead atoms. The van der Waals surface area contributed by atoms with Crippen molar-refractivity contribution in [2.45, 2.75) is 77.2 Å². The predicted octanol–water partition coefficient (Wildman–Crippen LogP) is 5.09. The van der Waals surface area contributed by atoms with Crippen molar-refractivity contribution in [1.29, 1.82) is 0 Å². The Bertz CT molecular complexity index is 294. The van der Waals surface area contributed by atoms with E-state index in [2.05, 4.69) is 37.3 Å². The maximum Gasteiger partial charge on any atom is 0.00388 e. The summed E-state index contributed by atoms with van der Waals surface area (Å²) in [5.41, 5.74) is 7.61. The molecule has 1 unspecified atom stereocenters. The van der Waals surface area contributed by atoms with Gasteiger partial charge in [-0.3, -0.25) is 0 Å². The molecule has 108 valence electrons. The van der Waals surface area contributed by atoms with Crippen LogP contribution < -0.4 is 5.73 Å².